The molecule has 2 saturated carbocycles. The molecular weight excluding hydrogens is 392 g/mol. The van der Waals surface area contributed by atoms with E-state index in [0.717, 1.165) is 31.8 Å². The molecule has 0 bridgehead atoms. The highest BCUT2D eigenvalue weighted by Crippen LogP contribution is 2.46. The zero-order valence-electron chi connectivity index (χ0n) is 20.4. The molecule has 0 spiro atoms. The molecular formula is C28H42N4. The standard InChI is InChI=1S/C28H42N4/c1-28(2)11-7-24(8-12-28)26-19-25(31-13-9-22(20-29)10-14-31)5-6-27(26)32-17-15-30(16-18-32)21-23-3-4-23/h5-6,19,22-24H,3-4,7-18,21H2,1-2H3. The van der Waals surface area contributed by atoms with Gasteiger partial charge in [0.2, 0.25) is 0 Å². The molecule has 2 aliphatic heterocycles. The third-order valence-electron chi connectivity index (χ3n) is 8.76. The van der Waals surface area contributed by atoms with Gasteiger partial charge in [-0.25, -0.2) is 0 Å². The van der Waals surface area contributed by atoms with Crippen molar-refractivity contribution in [1.29, 1.82) is 5.26 Å². The normalized spacial score (nSPS) is 25.7. The van der Waals surface area contributed by atoms with Gasteiger partial charge in [0.05, 0.1) is 6.07 Å². The number of rotatable bonds is 5. The molecule has 4 aliphatic rings. The van der Waals surface area contributed by atoms with E-state index >= 15 is 0 Å². The van der Waals surface area contributed by atoms with Crippen LogP contribution in [0.3, 0.4) is 0 Å². The van der Waals surface area contributed by atoms with Crippen LogP contribution in [0.1, 0.15) is 76.7 Å². The number of nitriles is 1. The van der Waals surface area contributed by atoms with Crippen molar-refractivity contribution in [3.63, 3.8) is 0 Å². The first-order valence-corrected chi connectivity index (χ1v) is 13.3. The summed E-state index contributed by atoms with van der Waals surface area (Å²) in [4.78, 5) is 7.91. The Hall–Kier alpha value is -1.73. The maximum Gasteiger partial charge on any atom is 0.0657 e. The topological polar surface area (TPSA) is 33.5 Å². The Bertz CT molecular complexity index is 810. The number of anilines is 2. The summed E-state index contributed by atoms with van der Waals surface area (Å²) < 4.78 is 0. The highest BCUT2D eigenvalue weighted by atomic mass is 15.3. The summed E-state index contributed by atoms with van der Waals surface area (Å²) in [6, 6.07) is 9.84. The second-order valence-electron chi connectivity index (χ2n) is 11.8. The van der Waals surface area contributed by atoms with Crippen molar-refractivity contribution in [2.75, 3.05) is 55.6 Å². The summed E-state index contributed by atoms with van der Waals surface area (Å²) in [5, 5.41) is 9.28. The van der Waals surface area contributed by atoms with Crippen LogP contribution in [0, 0.1) is 28.6 Å². The number of hydrogen-bond donors (Lipinski definition) is 0. The minimum Gasteiger partial charge on any atom is -0.371 e. The molecule has 0 aromatic heterocycles. The van der Waals surface area contributed by atoms with E-state index in [1.54, 1.807) is 5.56 Å². The van der Waals surface area contributed by atoms with Crippen LogP contribution in [0.25, 0.3) is 0 Å². The van der Waals surface area contributed by atoms with Crippen LogP contribution in [-0.4, -0.2) is 50.7 Å². The lowest BCUT2D eigenvalue weighted by molar-refractivity contribution is 0.224. The Kier molecular flexibility index (Phi) is 6.39. The van der Waals surface area contributed by atoms with Crippen LogP contribution in [0.2, 0.25) is 0 Å². The van der Waals surface area contributed by atoms with Gasteiger partial charge >= 0.3 is 0 Å². The van der Waals surface area contributed by atoms with E-state index in [9.17, 15) is 5.26 Å². The molecule has 0 N–H and O–H groups in total. The molecule has 0 amide bonds. The predicted octanol–water partition coefficient (Wildman–Crippen LogP) is 5.64. The monoisotopic (exact) mass is 434 g/mol. The molecule has 5 rings (SSSR count). The van der Waals surface area contributed by atoms with Gasteiger partial charge in [-0.15, -0.1) is 0 Å². The quantitative estimate of drug-likeness (QED) is 0.600. The third kappa shape index (κ3) is 5.09. The molecule has 2 saturated heterocycles. The molecule has 2 aliphatic carbocycles. The van der Waals surface area contributed by atoms with Crippen molar-refractivity contribution in [3.8, 4) is 6.07 Å². The van der Waals surface area contributed by atoms with Gasteiger partial charge < -0.3 is 9.80 Å². The van der Waals surface area contributed by atoms with Gasteiger partial charge in [0.25, 0.3) is 0 Å². The number of piperazine rings is 1. The summed E-state index contributed by atoms with van der Waals surface area (Å²) in [6.07, 6.45) is 10.2. The Labute approximate surface area is 195 Å². The zero-order chi connectivity index (χ0) is 22.1. The molecule has 4 heteroatoms. The summed E-state index contributed by atoms with van der Waals surface area (Å²) in [5.41, 5.74) is 5.01. The molecule has 4 nitrogen and oxygen atoms in total. The third-order valence-corrected chi connectivity index (χ3v) is 8.76. The first-order valence-electron chi connectivity index (χ1n) is 13.3. The highest BCUT2D eigenvalue weighted by Gasteiger charge is 2.32. The summed E-state index contributed by atoms with van der Waals surface area (Å²) in [6.45, 7) is 13.0. The van der Waals surface area contributed by atoms with Gasteiger partial charge in [0.1, 0.15) is 0 Å². The van der Waals surface area contributed by atoms with Crippen LogP contribution in [0.5, 0.6) is 0 Å². The minimum absolute atomic E-state index is 0.248. The largest absolute Gasteiger partial charge is 0.371 e. The van der Waals surface area contributed by atoms with E-state index < -0.39 is 0 Å². The fraction of sp³-hybridized carbons (Fsp3) is 0.750. The van der Waals surface area contributed by atoms with E-state index in [4.69, 9.17) is 0 Å². The van der Waals surface area contributed by atoms with Crippen molar-refractivity contribution in [2.24, 2.45) is 17.3 Å². The first kappa shape index (κ1) is 22.1. The summed E-state index contributed by atoms with van der Waals surface area (Å²) >= 11 is 0. The van der Waals surface area contributed by atoms with Crippen molar-refractivity contribution in [2.45, 2.75) is 71.1 Å². The fourth-order valence-electron chi connectivity index (χ4n) is 6.17. The molecule has 0 atom stereocenters. The maximum atomic E-state index is 9.28. The molecule has 32 heavy (non-hydrogen) atoms. The average Bonchev–Trinajstić information content (AvgIpc) is 3.63. The van der Waals surface area contributed by atoms with Crippen LogP contribution in [0.4, 0.5) is 11.4 Å². The van der Waals surface area contributed by atoms with Crippen LogP contribution in [-0.2, 0) is 0 Å². The van der Waals surface area contributed by atoms with Crippen molar-refractivity contribution in [3.05, 3.63) is 23.8 Å². The minimum atomic E-state index is 0.248. The molecule has 1 aromatic rings. The smallest absolute Gasteiger partial charge is 0.0657 e. The van der Waals surface area contributed by atoms with Gasteiger partial charge in [-0.1, -0.05) is 13.8 Å². The SMILES string of the molecule is CC1(C)CCC(c2cc(N3CCC(C#N)CC3)ccc2N2CCN(CC3CC3)CC2)CC1. The lowest BCUT2D eigenvalue weighted by Crippen LogP contribution is -2.47. The van der Waals surface area contributed by atoms with Crippen LogP contribution in [0.15, 0.2) is 18.2 Å². The second kappa shape index (κ2) is 9.26. The number of piperidine rings is 1. The van der Waals surface area contributed by atoms with Gasteiger partial charge in [-0.05, 0) is 92.4 Å². The summed E-state index contributed by atoms with van der Waals surface area (Å²) in [5.74, 6) is 1.93. The van der Waals surface area contributed by atoms with Crippen molar-refractivity contribution >= 4 is 11.4 Å². The van der Waals surface area contributed by atoms with E-state index in [1.807, 2.05) is 0 Å². The molecule has 0 radical (unpaired) electrons. The molecule has 174 valence electrons. The van der Waals surface area contributed by atoms with Crippen LogP contribution < -0.4 is 9.80 Å². The molecule has 4 fully saturated rings. The molecule has 2 heterocycles. The predicted molar refractivity (Wildman–Crippen MR) is 133 cm³/mol. The lowest BCUT2D eigenvalue weighted by Gasteiger charge is -2.40. The van der Waals surface area contributed by atoms with Crippen molar-refractivity contribution in [1.82, 2.24) is 4.90 Å². The highest BCUT2D eigenvalue weighted by molar-refractivity contribution is 5.63. The van der Waals surface area contributed by atoms with E-state index in [0.29, 0.717) is 11.3 Å². The van der Waals surface area contributed by atoms with Gasteiger partial charge in [-0.3, -0.25) is 4.90 Å². The maximum absolute atomic E-state index is 9.28. The van der Waals surface area contributed by atoms with Gasteiger partial charge in [0, 0.05) is 63.1 Å². The van der Waals surface area contributed by atoms with Crippen molar-refractivity contribution < 1.29 is 0 Å². The zero-order valence-corrected chi connectivity index (χ0v) is 20.4. The van der Waals surface area contributed by atoms with E-state index in [2.05, 4.69) is 52.8 Å². The van der Waals surface area contributed by atoms with Crippen LogP contribution >= 0.6 is 0 Å². The average molecular weight is 435 g/mol. The second-order valence-corrected chi connectivity index (χ2v) is 11.8. The Morgan fingerprint density at radius 2 is 1.56 bits per heavy atom. The lowest BCUT2D eigenvalue weighted by atomic mass is 9.71. The van der Waals surface area contributed by atoms with Gasteiger partial charge in [-0.2, -0.15) is 5.26 Å². The summed E-state index contributed by atoms with van der Waals surface area (Å²) in [7, 11) is 0. The van der Waals surface area contributed by atoms with E-state index in [1.165, 1.54) is 82.6 Å². The Morgan fingerprint density at radius 1 is 0.875 bits per heavy atom. The number of hydrogen-bond acceptors (Lipinski definition) is 4. The Morgan fingerprint density at radius 3 is 2.19 bits per heavy atom. The molecule has 1 aromatic carbocycles. The number of benzene rings is 1. The van der Waals surface area contributed by atoms with Gasteiger partial charge in [0.15, 0.2) is 0 Å². The molecule has 0 unspecified atom stereocenters. The fourth-order valence-corrected chi connectivity index (χ4v) is 6.17. The van der Waals surface area contributed by atoms with E-state index in [-0.39, 0.29) is 5.92 Å². The Balaban J connectivity index is 1.34. The number of nitrogens with zero attached hydrogens (tertiary/aromatic N) is 4. The first-order chi connectivity index (χ1) is 15.5.